The van der Waals surface area contributed by atoms with Crippen LogP contribution in [0.3, 0.4) is 0 Å². The van der Waals surface area contributed by atoms with Crippen LogP contribution in [-0.2, 0) is 6.54 Å². The number of benzene rings is 2. The van der Waals surface area contributed by atoms with Crippen LogP contribution in [0.1, 0.15) is 5.56 Å². The minimum Gasteiger partial charge on any atom is -0.329 e. The number of fused-ring (bicyclic) bond motifs is 1. The summed E-state index contributed by atoms with van der Waals surface area (Å²) in [5, 5.41) is 1.05. The Morgan fingerprint density at radius 2 is 1.90 bits per heavy atom. The highest BCUT2D eigenvalue weighted by atomic mass is 19.1. The first kappa shape index (κ1) is 13.5. The van der Waals surface area contributed by atoms with E-state index in [9.17, 15) is 4.39 Å². The van der Waals surface area contributed by atoms with Crippen molar-refractivity contribution in [2.24, 2.45) is 5.73 Å². The Hall–Kier alpha value is -2.46. The van der Waals surface area contributed by atoms with Gasteiger partial charge >= 0.3 is 0 Å². The van der Waals surface area contributed by atoms with E-state index in [0.29, 0.717) is 6.54 Å². The summed E-state index contributed by atoms with van der Waals surface area (Å²) in [6, 6.07) is 16.4. The van der Waals surface area contributed by atoms with Gasteiger partial charge in [0.1, 0.15) is 11.6 Å². The minimum absolute atomic E-state index is 0.269. The molecule has 0 aliphatic heterocycles. The van der Waals surface area contributed by atoms with Crippen molar-refractivity contribution in [1.82, 2.24) is 4.98 Å². The SMILES string of the molecule is CN(c1cccc(F)c1)c1nc2ccccc2cc1CN. The zero-order valence-corrected chi connectivity index (χ0v) is 11.8. The van der Waals surface area contributed by atoms with E-state index in [1.54, 1.807) is 6.07 Å². The van der Waals surface area contributed by atoms with Gasteiger partial charge in [0.25, 0.3) is 0 Å². The number of nitrogens with two attached hydrogens (primary N) is 1. The molecule has 4 heteroatoms. The molecule has 106 valence electrons. The lowest BCUT2D eigenvalue weighted by molar-refractivity contribution is 0.628. The summed E-state index contributed by atoms with van der Waals surface area (Å²) in [5.41, 5.74) is 8.42. The second-order valence-corrected chi connectivity index (χ2v) is 4.91. The van der Waals surface area contributed by atoms with Crippen LogP contribution in [0.15, 0.2) is 54.6 Å². The van der Waals surface area contributed by atoms with Crippen molar-refractivity contribution in [3.05, 3.63) is 66.0 Å². The predicted molar refractivity (Wildman–Crippen MR) is 84.1 cm³/mol. The summed E-state index contributed by atoms with van der Waals surface area (Å²) in [6.07, 6.45) is 0. The first-order chi connectivity index (χ1) is 10.2. The minimum atomic E-state index is -0.269. The summed E-state index contributed by atoms with van der Waals surface area (Å²) in [7, 11) is 1.87. The topological polar surface area (TPSA) is 42.2 Å². The van der Waals surface area contributed by atoms with Gasteiger partial charge in [0.05, 0.1) is 5.52 Å². The summed E-state index contributed by atoms with van der Waals surface area (Å²) in [4.78, 5) is 6.53. The summed E-state index contributed by atoms with van der Waals surface area (Å²) < 4.78 is 13.4. The number of anilines is 2. The zero-order chi connectivity index (χ0) is 14.8. The summed E-state index contributed by atoms with van der Waals surface area (Å²) in [6.45, 7) is 0.382. The molecule has 2 aromatic carbocycles. The van der Waals surface area contributed by atoms with Gasteiger partial charge in [-0.2, -0.15) is 0 Å². The van der Waals surface area contributed by atoms with E-state index in [1.807, 2.05) is 48.3 Å². The second kappa shape index (κ2) is 5.50. The smallest absolute Gasteiger partial charge is 0.137 e. The third-order valence-corrected chi connectivity index (χ3v) is 3.51. The number of para-hydroxylation sites is 1. The lowest BCUT2D eigenvalue weighted by atomic mass is 10.1. The highest BCUT2D eigenvalue weighted by Crippen LogP contribution is 2.28. The molecular weight excluding hydrogens is 265 g/mol. The van der Waals surface area contributed by atoms with E-state index < -0.39 is 0 Å². The molecule has 3 nitrogen and oxygen atoms in total. The van der Waals surface area contributed by atoms with E-state index in [2.05, 4.69) is 4.98 Å². The van der Waals surface area contributed by atoms with Crippen LogP contribution >= 0.6 is 0 Å². The number of rotatable bonds is 3. The molecular formula is C17H16FN3. The molecule has 0 bridgehead atoms. The number of hydrogen-bond donors (Lipinski definition) is 1. The van der Waals surface area contributed by atoms with Crippen molar-refractivity contribution < 1.29 is 4.39 Å². The fourth-order valence-electron chi connectivity index (χ4n) is 2.40. The van der Waals surface area contributed by atoms with Crippen molar-refractivity contribution in [3.63, 3.8) is 0 Å². The summed E-state index contributed by atoms with van der Waals surface area (Å²) in [5.74, 6) is 0.483. The van der Waals surface area contributed by atoms with Gasteiger partial charge in [-0.3, -0.25) is 0 Å². The molecule has 0 saturated carbocycles. The highest BCUT2D eigenvalue weighted by Gasteiger charge is 2.12. The van der Waals surface area contributed by atoms with Crippen molar-refractivity contribution in [3.8, 4) is 0 Å². The van der Waals surface area contributed by atoms with Crippen LogP contribution in [-0.4, -0.2) is 12.0 Å². The van der Waals surface area contributed by atoms with E-state index >= 15 is 0 Å². The Bertz CT molecular complexity index is 786. The molecule has 0 radical (unpaired) electrons. The van der Waals surface area contributed by atoms with Crippen LogP contribution in [0.25, 0.3) is 10.9 Å². The van der Waals surface area contributed by atoms with Crippen molar-refractivity contribution in [2.75, 3.05) is 11.9 Å². The fourth-order valence-corrected chi connectivity index (χ4v) is 2.40. The quantitative estimate of drug-likeness (QED) is 0.797. The molecule has 3 rings (SSSR count). The molecule has 0 fully saturated rings. The highest BCUT2D eigenvalue weighted by molar-refractivity contribution is 5.82. The number of aromatic nitrogens is 1. The molecule has 0 aliphatic rings. The Labute approximate surface area is 122 Å². The summed E-state index contributed by atoms with van der Waals surface area (Å²) >= 11 is 0. The fraction of sp³-hybridized carbons (Fsp3) is 0.118. The maximum absolute atomic E-state index is 13.4. The normalized spacial score (nSPS) is 10.8. The molecule has 0 unspecified atom stereocenters. The number of hydrogen-bond acceptors (Lipinski definition) is 3. The molecule has 0 spiro atoms. The molecule has 21 heavy (non-hydrogen) atoms. The van der Waals surface area contributed by atoms with Gasteiger partial charge in [0.15, 0.2) is 0 Å². The van der Waals surface area contributed by atoms with Crippen molar-refractivity contribution >= 4 is 22.4 Å². The average molecular weight is 281 g/mol. The second-order valence-electron chi connectivity index (χ2n) is 4.91. The van der Waals surface area contributed by atoms with E-state index in [-0.39, 0.29) is 5.82 Å². The number of halogens is 1. The van der Waals surface area contributed by atoms with Gasteiger partial charge in [-0.05, 0) is 30.3 Å². The maximum Gasteiger partial charge on any atom is 0.137 e. The van der Waals surface area contributed by atoms with Gasteiger partial charge in [-0.25, -0.2) is 9.37 Å². The molecule has 0 aliphatic carbocycles. The van der Waals surface area contributed by atoms with Gasteiger partial charge in [-0.1, -0.05) is 24.3 Å². The Balaban J connectivity index is 2.14. The Morgan fingerprint density at radius 3 is 2.67 bits per heavy atom. The van der Waals surface area contributed by atoms with Crippen molar-refractivity contribution in [2.45, 2.75) is 6.54 Å². The van der Waals surface area contributed by atoms with Gasteiger partial charge < -0.3 is 10.6 Å². The third kappa shape index (κ3) is 2.58. The van der Waals surface area contributed by atoms with E-state index in [1.165, 1.54) is 12.1 Å². The van der Waals surface area contributed by atoms with Crippen LogP contribution in [0, 0.1) is 5.82 Å². The number of nitrogens with zero attached hydrogens (tertiary/aromatic N) is 2. The molecule has 1 heterocycles. The number of pyridine rings is 1. The zero-order valence-electron chi connectivity index (χ0n) is 11.8. The monoisotopic (exact) mass is 281 g/mol. The van der Waals surface area contributed by atoms with Crippen LogP contribution in [0.2, 0.25) is 0 Å². The van der Waals surface area contributed by atoms with E-state index in [0.717, 1.165) is 28.0 Å². The lowest BCUT2D eigenvalue weighted by Gasteiger charge is -2.21. The standard InChI is InChI=1S/C17H16FN3/c1-21(15-7-4-6-14(18)10-15)17-13(11-19)9-12-5-2-3-8-16(12)20-17/h2-10H,11,19H2,1H3. The van der Waals surface area contributed by atoms with E-state index in [4.69, 9.17) is 5.73 Å². The average Bonchev–Trinajstić information content (AvgIpc) is 2.53. The van der Waals surface area contributed by atoms with Crippen molar-refractivity contribution in [1.29, 1.82) is 0 Å². The van der Waals surface area contributed by atoms with Gasteiger partial charge in [0, 0.05) is 30.2 Å². The van der Waals surface area contributed by atoms with Crippen LogP contribution in [0.4, 0.5) is 15.9 Å². The first-order valence-corrected chi connectivity index (χ1v) is 6.77. The first-order valence-electron chi connectivity index (χ1n) is 6.77. The third-order valence-electron chi connectivity index (χ3n) is 3.51. The predicted octanol–water partition coefficient (Wildman–Crippen LogP) is 3.60. The van der Waals surface area contributed by atoms with Gasteiger partial charge in [0.2, 0.25) is 0 Å². The molecule has 0 atom stereocenters. The Morgan fingerprint density at radius 1 is 1.10 bits per heavy atom. The molecule has 0 amide bonds. The lowest BCUT2D eigenvalue weighted by Crippen LogP contribution is -2.15. The molecule has 3 aromatic rings. The largest absolute Gasteiger partial charge is 0.329 e. The van der Waals surface area contributed by atoms with Gasteiger partial charge in [-0.15, -0.1) is 0 Å². The van der Waals surface area contributed by atoms with Crippen LogP contribution < -0.4 is 10.6 Å². The molecule has 2 N–H and O–H groups in total. The Kier molecular flexibility index (Phi) is 3.54. The van der Waals surface area contributed by atoms with Crippen LogP contribution in [0.5, 0.6) is 0 Å². The molecule has 0 saturated heterocycles. The molecule has 1 aromatic heterocycles. The maximum atomic E-state index is 13.4.